The van der Waals surface area contributed by atoms with Gasteiger partial charge in [0, 0.05) is 111 Å². The Kier molecular flexibility index (Phi) is 11.9. The molecule has 3 amide bonds. The molecule has 1 aromatic carbocycles. The molecule has 0 bridgehead atoms. The molecule has 1 unspecified atom stereocenters. The second-order valence-electron chi connectivity index (χ2n) is 17.9. The lowest BCUT2D eigenvalue weighted by atomic mass is 9.92. The molecule has 3 saturated heterocycles. The molecule has 15 nitrogen and oxygen atoms in total. The van der Waals surface area contributed by atoms with Crippen molar-refractivity contribution in [3.63, 3.8) is 0 Å². The summed E-state index contributed by atoms with van der Waals surface area (Å²) in [5, 5.41) is 16.4. The number of pyridine rings is 3. The Morgan fingerprint density at radius 2 is 1.74 bits per heavy atom. The van der Waals surface area contributed by atoms with Crippen molar-refractivity contribution in [2.24, 2.45) is 7.05 Å². The van der Waals surface area contributed by atoms with Crippen molar-refractivity contribution in [3.8, 4) is 16.9 Å². The molecular weight excluding hydrogens is 843 g/mol. The summed E-state index contributed by atoms with van der Waals surface area (Å²) in [5.74, 6) is 0.939. The van der Waals surface area contributed by atoms with Gasteiger partial charge in [0.25, 0.3) is 17.4 Å². The van der Waals surface area contributed by atoms with Crippen LogP contribution in [0.2, 0.25) is 0 Å². The fourth-order valence-corrected chi connectivity index (χ4v) is 11.9. The fraction of sp³-hybridized carbons (Fsp3) is 0.429. The number of anilines is 5. The van der Waals surface area contributed by atoms with Gasteiger partial charge in [-0.15, -0.1) is 11.3 Å². The van der Waals surface area contributed by atoms with Gasteiger partial charge in [-0.2, -0.15) is 0 Å². The summed E-state index contributed by atoms with van der Waals surface area (Å²) >= 11 is 1.63. The highest BCUT2D eigenvalue weighted by atomic mass is 32.1. The molecule has 65 heavy (non-hydrogen) atoms. The van der Waals surface area contributed by atoms with Gasteiger partial charge in [-0.1, -0.05) is 6.07 Å². The van der Waals surface area contributed by atoms with Gasteiger partial charge in [0.2, 0.25) is 5.91 Å². The topological polar surface area (TPSA) is 165 Å². The molecule has 4 aromatic heterocycles. The first kappa shape index (κ1) is 42.8. The summed E-state index contributed by atoms with van der Waals surface area (Å²) < 4.78 is 7.51. The third-order valence-electron chi connectivity index (χ3n) is 13.9. The van der Waals surface area contributed by atoms with Crippen LogP contribution in [0, 0.1) is 0 Å². The quantitative estimate of drug-likeness (QED) is 0.149. The van der Waals surface area contributed by atoms with Crippen LogP contribution in [0.15, 0.2) is 71.9 Å². The zero-order valence-corrected chi connectivity index (χ0v) is 37.7. The summed E-state index contributed by atoms with van der Waals surface area (Å²) in [7, 11) is 1.70. The van der Waals surface area contributed by atoms with Crippen molar-refractivity contribution >= 4 is 57.8 Å². The van der Waals surface area contributed by atoms with Crippen LogP contribution in [0.3, 0.4) is 0 Å². The van der Waals surface area contributed by atoms with E-state index in [1.165, 1.54) is 27.0 Å². The Balaban J connectivity index is 0.768. The second-order valence-corrected chi connectivity index (χ2v) is 19.0. The number of carbonyl (C=O) groups is 3. The largest absolute Gasteiger partial charge is 0.481 e. The van der Waals surface area contributed by atoms with Crippen molar-refractivity contribution in [2.75, 3.05) is 59.3 Å². The number of nitrogens with zero attached hydrogens (tertiary/aromatic N) is 7. The fourth-order valence-electron chi connectivity index (χ4n) is 10.5. The first-order valence-corrected chi connectivity index (χ1v) is 23.8. The Bertz CT molecular complexity index is 2690. The third kappa shape index (κ3) is 8.50. The zero-order valence-electron chi connectivity index (χ0n) is 36.9. The summed E-state index contributed by atoms with van der Waals surface area (Å²) in [6.07, 6.45) is 12.6. The molecule has 3 fully saturated rings. The highest BCUT2D eigenvalue weighted by Gasteiger charge is 2.35. The Hall–Kier alpha value is -6.10. The van der Waals surface area contributed by atoms with E-state index in [1.54, 1.807) is 41.7 Å². The van der Waals surface area contributed by atoms with Gasteiger partial charge >= 0.3 is 0 Å². The predicted molar refractivity (Wildman–Crippen MR) is 252 cm³/mol. The first-order chi connectivity index (χ1) is 31.6. The van der Waals surface area contributed by atoms with Crippen LogP contribution in [0.4, 0.5) is 28.7 Å². The monoisotopic (exact) mass is 897 g/mol. The van der Waals surface area contributed by atoms with E-state index in [-0.39, 0.29) is 42.4 Å². The molecule has 0 saturated carbocycles. The van der Waals surface area contributed by atoms with Gasteiger partial charge in [0.05, 0.1) is 23.4 Å². The molecule has 10 rings (SSSR count). The number of piperidine rings is 2. The highest BCUT2D eigenvalue weighted by Crippen LogP contribution is 2.40. The minimum atomic E-state index is -0.657. The van der Waals surface area contributed by atoms with E-state index in [0.29, 0.717) is 58.8 Å². The summed E-state index contributed by atoms with van der Waals surface area (Å²) in [6.45, 7) is 7.05. The average Bonchev–Trinajstić information content (AvgIpc) is 3.71. The number of fused-ring (bicyclic) bond motifs is 3. The molecule has 0 radical (unpaired) electrons. The number of ether oxygens (including phenoxy) is 1. The second kappa shape index (κ2) is 18.1. The minimum Gasteiger partial charge on any atom is -0.481 e. The molecule has 3 N–H and O–H groups in total. The molecule has 338 valence electrons. The van der Waals surface area contributed by atoms with E-state index in [9.17, 15) is 24.3 Å². The van der Waals surface area contributed by atoms with Gasteiger partial charge in [0.15, 0.2) is 6.10 Å². The zero-order chi connectivity index (χ0) is 44.8. The van der Waals surface area contributed by atoms with E-state index in [2.05, 4.69) is 49.4 Å². The minimum absolute atomic E-state index is 0.0583. The number of piperazine rings is 1. The maximum atomic E-state index is 14.0. The number of aliphatic hydroxyl groups excluding tert-OH is 1. The number of carbonyl (C=O) groups excluding carboxylic acids is 3. The van der Waals surface area contributed by atoms with Gasteiger partial charge < -0.3 is 29.5 Å². The van der Waals surface area contributed by atoms with Crippen molar-refractivity contribution < 1.29 is 24.2 Å². The number of aromatic nitrogens is 3. The van der Waals surface area contributed by atoms with Gasteiger partial charge in [0.1, 0.15) is 23.1 Å². The number of imide groups is 1. The van der Waals surface area contributed by atoms with Gasteiger partial charge in [-0.3, -0.25) is 34.3 Å². The van der Waals surface area contributed by atoms with Crippen molar-refractivity contribution in [3.05, 3.63) is 104 Å². The summed E-state index contributed by atoms with van der Waals surface area (Å²) in [5.41, 5.74) is 6.75. The number of aryl methyl sites for hydroxylation is 2. The maximum absolute atomic E-state index is 14.0. The molecule has 4 aliphatic heterocycles. The number of benzene rings is 1. The van der Waals surface area contributed by atoms with Crippen molar-refractivity contribution in [1.29, 1.82) is 0 Å². The molecule has 16 heteroatoms. The van der Waals surface area contributed by atoms with Crippen molar-refractivity contribution in [1.82, 2.24) is 24.8 Å². The van der Waals surface area contributed by atoms with E-state index < -0.39 is 6.10 Å². The number of hydrogen-bond acceptors (Lipinski definition) is 13. The number of amides is 3. The van der Waals surface area contributed by atoms with Crippen LogP contribution >= 0.6 is 11.3 Å². The predicted octanol–water partition coefficient (Wildman–Crippen LogP) is 5.58. The molecule has 5 aliphatic rings. The highest BCUT2D eigenvalue weighted by molar-refractivity contribution is 7.14. The summed E-state index contributed by atoms with van der Waals surface area (Å²) in [6, 6.07) is 16.2. The van der Waals surface area contributed by atoms with Gasteiger partial charge in [-0.25, -0.2) is 9.97 Å². The van der Waals surface area contributed by atoms with Crippen LogP contribution in [0.25, 0.3) is 11.1 Å². The lowest BCUT2D eigenvalue weighted by molar-refractivity contribution is -0.138. The van der Waals surface area contributed by atoms with Crippen LogP contribution in [-0.2, 0) is 42.5 Å². The SMILES string of the molecule is C[C@H]1CN(C2CCN(c3cccc(OC4CCC(=O)NC4=O)c3)CC2)CCN1c1ccc(Nc2cc(-c3ccnc(N4CCc5c(sc6c5CCCC6)C4=O)c3CO)cn(C)c2=O)nc1. The number of nitrogens with one attached hydrogen (secondary N) is 2. The molecule has 2 atom stereocenters. The number of hydrogen-bond donors (Lipinski definition) is 3. The molecule has 1 aliphatic carbocycles. The van der Waals surface area contributed by atoms with Crippen LogP contribution < -0.4 is 35.6 Å². The lowest BCUT2D eigenvalue weighted by Gasteiger charge is -2.46. The Morgan fingerprint density at radius 1 is 0.892 bits per heavy atom. The van der Waals surface area contributed by atoms with Crippen LogP contribution in [-0.4, -0.2) is 99.7 Å². The lowest BCUT2D eigenvalue weighted by Crippen LogP contribution is -2.57. The smallest absolute Gasteiger partial charge is 0.274 e. The van der Waals surface area contributed by atoms with E-state index >= 15 is 0 Å². The standard InChI is InChI=1S/C49H55N9O6S/c1-30-27-56(32-15-19-55(20-16-32)33-6-5-7-35(25-33)64-41-11-13-44(60)53-47(41)61)22-23-57(30)34-10-12-43(51-26-34)52-40-24-31(28-54(2)48(40)62)36-14-18-50-46(39(36)29-59)58-21-17-38-37-8-3-4-9-42(37)65-45(38)49(58)63/h5-7,10,12,14,18,24-26,28,30,32,41,59H,3-4,8-9,11,13,15-17,19-23,27,29H2,1-2H3,(H,51,52)(H,53,60,61)/t30-,41?/m0/s1. The Morgan fingerprint density at radius 3 is 2.52 bits per heavy atom. The summed E-state index contributed by atoms with van der Waals surface area (Å²) in [4.78, 5) is 71.9. The normalized spacial score (nSPS) is 20.7. The van der Waals surface area contributed by atoms with Crippen molar-refractivity contribution in [2.45, 2.75) is 89.5 Å². The van der Waals surface area contributed by atoms with Gasteiger partial charge in [-0.05, 0) is 105 Å². The third-order valence-corrected chi connectivity index (χ3v) is 15.2. The molecular formula is C49H55N9O6S. The van der Waals surface area contributed by atoms with Crippen LogP contribution in [0.5, 0.6) is 5.75 Å². The molecule has 5 aromatic rings. The number of aliphatic hydroxyl groups is 1. The first-order valence-electron chi connectivity index (χ1n) is 23.0. The molecule has 8 heterocycles. The Labute approximate surface area is 382 Å². The number of rotatable bonds is 10. The van der Waals surface area contributed by atoms with E-state index in [4.69, 9.17) is 9.72 Å². The average molecular weight is 898 g/mol. The van der Waals surface area contributed by atoms with Crippen LogP contribution in [0.1, 0.15) is 76.7 Å². The van der Waals surface area contributed by atoms with E-state index in [0.717, 1.165) is 87.5 Å². The molecule has 0 spiro atoms. The number of thiophene rings is 1. The maximum Gasteiger partial charge on any atom is 0.274 e. The van der Waals surface area contributed by atoms with E-state index in [1.807, 2.05) is 36.5 Å².